The van der Waals surface area contributed by atoms with Crippen molar-refractivity contribution in [3.8, 4) is 5.75 Å². The minimum atomic E-state index is -0.896. The Morgan fingerprint density at radius 2 is 1.63 bits per heavy atom. The number of rotatable bonds is 27. The molecule has 358 valence electrons. The van der Waals surface area contributed by atoms with Crippen LogP contribution in [0.3, 0.4) is 0 Å². The van der Waals surface area contributed by atoms with Crippen molar-refractivity contribution in [1.29, 1.82) is 0 Å². The molecule has 0 bridgehead atoms. The van der Waals surface area contributed by atoms with E-state index >= 15 is 0 Å². The van der Waals surface area contributed by atoms with Crippen LogP contribution < -0.4 is 16.4 Å². The fourth-order valence-corrected chi connectivity index (χ4v) is 6.55. The molecular weight excluding hydrogens is 829 g/mol. The molecule has 0 aliphatic rings. The summed E-state index contributed by atoms with van der Waals surface area (Å²) >= 11 is 1.14. The fraction of sp³-hybridized carbons (Fsp3) is 0.674. The Hall–Kier alpha value is -4.45. The van der Waals surface area contributed by atoms with Gasteiger partial charge in [-0.15, -0.1) is 11.3 Å². The van der Waals surface area contributed by atoms with Gasteiger partial charge in [0.1, 0.15) is 35.6 Å². The van der Waals surface area contributed by atoms with E-state index < -0.39 is 42.1 Å². The zero-order valence-electron chi connectivity index (χ0n) is 39.8. The molecule has 3 amide bonds. The lowest BCUT2D eigenvalue weighted by Gasteiger charge is -2.35. The van der Waals surface area contributed by atoms with Gasteiger partial charge in [-0.25, -0.2) is 4.98 Å². The number of nitrogens with zero attached hydrogens (tertiary/aromatic N) is 3. The molecule has 0 aliphatic carbocycles. The summed E-state index contributed by atoms with van der Waals surface area (Å²) < 4.78 is 16.4. The number of unbranched alkanes of at least 4 members (excludes halogenated alkanes) is 2. The number of hydrogen-bond acceptors (Lipinski definition) is 14. The molecule has 16 nitrogen and oxygen atoms in total. The molecule has 0 aliphatic heterocycles. The van der Waals surface area contributed by atoms with E-state index in [4.69, 9.17) is 19.9 Å². The van der Waals surface area contributed by atoms with Crippen LogP contribution in [-0.4, -0.2) is 121 Å². The van der Waals surface area contributed by atoms with E-state index in [2.05, 4.69) is 36.4 Å². The predicted octanol–water partition coefficient (Wildman–Crippen LogP) is 6.20. The van der Waals surface area contributed by atoms with Crippen molar-refractivity contribution in [2.75, 3.05) is 47.1 Å². The zero-order chi connectivity index (χ0) is 47.9. The quantitative estimate of drug-likeness (QED) is 0.0447. The number of hydrogen-bond donors (Lipinski definition) is 4. The normalized spacial score (nSPS) is 12.7. The van der Waals surface area contributed by atoms with Gasteiger partial charge in [-0.1, -0.05) is 79.9 Å². The maximum absolute atomic E-state index is 13.5. The smallest absolute Gasteiger partial charge is 0.306 e. The summed E-state index contributed by atoms with van der Waals surface area (Å²) in [5, 5.41) is 17.3. The molecule has 4 unspecified atom stereocenters. The monoisotopic (exact) mass is 907 g/mol. The summed E-state index contributed by atoms with van der Waals surface area (Å²) in [6.45, 7) is 18.1. The van der Waals surface area contributed by atoms with Gasteiger partial charge in [0.05, 0.1) is 13.1 Å². The van der Waals surface area contributed by atoms with Gasteiger partial charge in [-0.05, 0) is 69.3 Å². The molecule has 1 aromatic carbocycles. The van der Waals surface area contributed by atoms with Crippen molar-refractivity contribution in [2.45, 2.75) is 144 Å². The van der Waals surface area contributed by atoms with Gasteiger partial charge < -0.3 is 45.4 Å². The highest BCUT2D eigenvalue weighted by atomic mass is 32.1. The van der Waals surface area contributed by atoms with Crippen LogP contribution in [0.1, 0.15) is 141 Å². The maximum atomic E-state index is 13.5. The standard InChI is InChI=1S/C37H58N6O9S.C5H10O.C4H10/c1-8-9-16-42(6)21-33(46)39-20-34(47)43(23-50-7)31(24(2)3)18-32(52-26(5)44)37-41-30(22-53-37)36(49)40-28(12-15-35(48)51-25(4)19-38)17-27-10-13-29(45)14-11-27;1-5(2)3-4-6;1-3-4-2/h10-11,13-14,22,24-25,28,31-32,45H,8-9,12,15-21,23,38H2,1-7H3,(H,39,46)(H,40,49);4-5H,3H2,1-2H3;3-4H2,1-2H3. The average Bonchev–Trinajstić information content (AvgIpc) is 3.73. The van der Waals surface area contributed by atoms with Gasteiger partial charge in [-0.2, -0.15) is 0 Å². The van der Waals surface area contributed by atoms with Crippen LogP contribution in [-0.2, 0) is 44.6 Å². The van der Waals surface area contributed by atoms with Crippen LogP contribution in [0.2, 0.25) is 0 Å². The minimum Gasteiger partial charge on any atom is -0.508 e. The summed E-state index contributed by atoms with van der Waals surface area (Å²) in [6.07, 6.45) is 5.75. The summed E-state index contributed by atoms with van der Waals surface area (Å²) in [5.74, 6) is -1.61. The number of esters is 2. The van der Waals surface area contributed by atoms with Crippen LogP contribution in [0.4, 0.5) is 0 Å². The highest BCUT2D eigenvalue weighted by molar-refractivity contribution is 7.09. The number of likely N-dealkylation sites (N-methyl/N-ethyl adjacent to an activating group) is 1. The van der Waals surface area contributed by atoms with Crippen molar-refractivity contribution < 1.29 is 48.1 Å². The third-order valence-corrected chi connectivity index (χ3v) is 10.4. The van der Waals surface area contributed by atoms with Crippen LogP contribution >= 0.6 is 11.3 Å². The van der Waals surface area contributed by atoms with Crippen LogP contribution in [0.15, 0.2) is 29.6 Å². The molecular formula is C46H78N6O10S. The lowest BCUT2D eigenvalue weighted by Crippen LogP contribution is -2.50. The highest BCUT2D eigenvalue weighted by Gasteiger charge is 2.33. The van der Waals surface area contributed by atoms with Gasteiger partial charge in [0.2, 0.25) is 11.8 Å². The number of thiazole rings is 1. The molecule has 0 saturated heterocycles. The summed E-state index contributed by atoms with van der Waals surface area (Å²) in [6, 6.07) is 5.58. The molecule has 0 fully saturated rings. The zero-order valence-corrected chi connectivity index (χ0v) is 40.6. The first kappa shape index (κ1) is 58.6. The number of nitrogens with two attached hydrogens (primary N) is 1. The third-order valence-electron chi connectivity index (χ3n) is 9.48. The SMILES string of the molecule is CC(C)CC=O.CCCC.CCCCN(C)CC(=O)NCC(=O)N(COC)C(CC(OC(C)=O)c1nc(C(=O)NC(CCC(=O)OC(C)CN)Cc2ccc(O)cc2)cs1)C(C)C. The Kier molecular flexibility index (Phi) is 31.6. The molecule has 1 heterocycles. The van der Waals surface area contributed by atoms with Gasteiger partial charge >= 0.3 is 11.9 Å². The van der Waals surface area contributed by atoms with Crippen molar-refractivity contribution in [3.05, 3.63) is 45.9 Å². The number of methoxy groups -OCH3 is 1. The van der Waals surface area contributed by atoms with Crippen LogP contribution in [0, 0.1) is 11.8 Å². The molecule has 63 heavy (non-hydrogen) atoms. The fourth-order valence-electron chi connectivity index (χ4n) is 5.71. The number of ether oxygens (including phenoxy) is 3. The number of carbonyl (C=O) groups is 6. The molecule has 17 heteroatoms. The topological polar surface area (TPSA) is 220 Å². The summed E-state index contributed by atoms with van der Waals surface area (Å²) in [4.78, 5) is 81.8. The number of benzene rings is 1. The second kappa shape index (κ2) is 34.0. The van der Waals surface area contributed by atoms with Crippen LogP contribution in [0.25, 0.3) is 0 Å². The predicted molar refractivity (Wildman–Crippen MR) is 247 cm³/mol. The van der Waals surface area contributed by atoms with Gasteiger partial charge in [0.15, 0.2) is 6.10 Å². The number of aromatic nitrogens is 1. The van der Waals surface area contributed by atoms with E-state index in [1.807, 2.05) is 39.6 Å². The van der Waals surface area contributed by atoms with Gasteiger partial charge in [-0.3, -0.25) is 28.9 Å². The van der Waals surface area contributed by atoms with E-state index in [9.17, 15) is 33.9 Å². The second-order valence-electron chi connectivity index (χ2n) is 16.3. The second-order valence-corrected chi connectivity index (χ2v) is 17.2. The van der Waals surface area contributed by atoms with E-state index in [0.29, 0.717) is 23.8 Å². The summed E-state index contributed by atoms with van der Waals surface area (Å²) in [5.41, 5.74) is 6.50. The Bertz CT molecular complexity index is 1600. The Morgan fingerprint density at radius 1 is 0.984 bits per heavy atom. The van der Waals surface area contributed by atoms with E-state index in [0.717, 1.165) is 42.6 Å². The first-order valence-corrected chi connectivity index (χ1v) is 23.0. The number of phenols is 1. The van der Waals surface area contributed by atoms with Crippen molar-refractivity contribution in [1.82, 2.24) is 25.4 Å². The molecule has 2 aromatic rings. The van der Waals surface area contributed by atoms with E-state index in [1.165, 1.54) is 31.8 Å². The first-order valence-electron chi connectivity index (χ1n) is 22.1. The molecule has 0 radical (unpaired) electrons. The highest BCUT2D eigenvalue weighted by Crippen LogP contribution is 2.31. The Morgan fingerprint density at radius 3 is 2.14 bits per heavy atom. The molecule has 1 aromatic heterocycles. The van der Waals surface area contributed by atoms with Crippen molar-refractivity contribution in [3.63, 3.8) is 0 Å². The number of amides is 3. The maximum Gasteiger partial charge on any atom is 0.306 e. The molecule has 0 spiro atoms. The molecule has 4 atom stereocenters. The lowest BCUT2D eigenvalue weighted by atomic mass is 9.96. The van der Waals surface area contributed by atoms with E-state index in [1.54, 1.807) is 36.6 Å². The summed E-state index contributed by atoms with van der Waals surface area (Å²) in [7, 11) is 3.32. The number of phenolic OH excluding ortho intramolecular Hbond substituents is 1. The largest absolute Gasteiger partial charge is 0.508 e. The molecule has 0 saturated carbocycles. The number of nitrogens with one attached hydrogen (secondary N) is 2. The van der Waals surface area contributed by atoms with Crippen molar-refractivity contribution in [2.24, 2.45) is 17.6 Å². The van der Waals surface area contributed by atoms with Gasteiger partial charge in [0.25, 0.3) is 5.91 Å². The van der Waals surface area contributed by atoms with Crippen molar-refractivity contribution >= 4 is 47.3 Å². The number of aromatic hydroxyl groups is 1. The number of aldehydes is 1. The molecule has 2 rings (SSSR count). The minimum absolute atomic E-state index is 0.0389. The average molecular weight is 907 g/mol. The third kappa shape index (κ3) is 26.7. The van der Waals surface area contributed by atoms with Crippen LogP contribution in [0.5, 0.6) is 5.75 Å². The Labute approximate surface area is 380 Å². The van der Waals surface area contributed by atoms with E-state index in [-0.39, 0.29) is 74.8 Å². The number of carbonyl (C=O) groups excluding carboxylic acids is 6. The first-order chi connectivity index (χ1) is 29.8. The molecule has 5 N–H and O–H groups in total. The lowest BCUT2D eigenvalue weighted by molar-refractivity contribution is -0.150. The Balaban J connectivity index is 0.00000343. The van der Waals surface area contributed by atoms with Gasteiger partial charge in [0, 0.05) is 57.3 Å².